The zero-order chi connectivity index (χ0) is 18.2. The number of fused-ring (bicyclic) bond motifs is 3. The van der Waals surface area contributed by atoms with E-state index in [2.05, 4.69) is 55.3 Å². The van der Waals surface area contributed by atoms with Crippen LogP contribution in [0.1, 0.15) is 19.8 Å². The van der Waals surface area contributed by atoms with Gasteiger partial charge in [-0.1, -0.05) is 19.1 Å². The highest BCUT2D eigenvalue weighted by molar-refractivity contribution is 7.18. The zero-order valence-corrected chi connectivity index (χ0v) is 16.0. The second-order valence-electron chi connectivity index (χ2n) is 6.91. The Morgan fingerprint density at radius 1 is 1.30 bits per heavy atom. The van der Waals surface area contributed by atoms with Crippen LogP contribution in [0.3, 0.4) is 0 Å². The molecule has 4 heterocycles. The van der Waals surface area contributed by atoms with Crippen molar-refractivity contribution in [1.82, 2.24) is 30.5 Å². The fraction of sp³-hybridized carbons (Fsp3) is 0.368. The van der Waals surface area contributed by atoms with Crippen LogP contribution in [0.25, 0.3) is 32.4 Å². The van der Waals surface area contributed by atoms with Gasteiger partial charge < -0.3 is 5.32 Å². The van der Waals surface area contributed by atoms with Gasteiger partial charge in [-0.2, -0.15) is 0 Å². The number of nitrogens with zero attached hydrogens (tertiary/aromatic N) is 5. The number of aromatic nitrogens is 5. The van der Waals surface area contributed by atoms with Gasteiger partial charge in [0.15, 0.2) is 5.82 Å². The van der Waals surface area contributed by atoms with E-state index in [1.54, 1.807) is 11.3 Å². The first-order valence-electron chi connectivity index (χ1n) is 9.36. The molecule has 1 aromatic carbocycles. The van der Waals surface area contributed by atoms with Gasteiger partial charge in [-0.05, 0) is 53.9 Å². The SMILES string of the molecule is CCN1CCCC1CNc1nc2cc(-c3nnn[nH]3)ccc2c2ccsc12. The summed E-state index contributed by atoms with van der Waals surface area (Å²) in [5.74, 6) is 1.63. The van der Waals surface area contributed by atoms with Gasteiger partial charge in [0, 0.05) is 28.9 Å². The highest BCUT2D eigenvalue weighted by Gasteiger charge is 2.23. The third-order valence-electron chi connectivity index (χ3n) is 5.43. The average molecular weight is 379 g/mol. The first kappa shape index (κ1) is 16.6. The quantitative estimate of drug-likeness (QED) is 0.552. The summed E-state index contributed by atoms with van der Waals surface area (Å²) in [5, 5.41) is 22.3. The molecule has 3 aromatic heterocycles. The number of benzene rings is 1. The van der Waals surface area contributed by atoms with Crippen LogP contribution in [-0.4, -0.2) is 56.2 Å². The molecule has 0 radical (unpaired) electrons. The van der Waals surface area contributed by atoms with Crippen molar-refractivity contribution in [3.05, 3.63) is 29.6 Å². The highest BCUT2D eigenvalue weighted by atomic mass is 32.1. The lowest BCUT2D eigenvalue weighted by atomic mass is 10.1. The molecule has 8 heteroatoms. The second kappa shape index (κ2) is 6.86. The van der Waals surface area contributed by atoms with Crippen LogP contribution in [0.2, 0.25) is 0 Å². The molecular weight excluding hydrogens is 358 g/mol. The largest absolute Gasteiger partial charge is 0.367 e. The number of tetrazole rings is 1. The monoisotopic (exact) mass is 379 g/mol. The minimum Gasteiger partial charge on any atom is -0.367 e. The second-order valence-corrected chi connectivity index (χ2v) is 7.83. The van der Waals surface area contributed by atoms with Gasteiger partial charge in [0.05, 0.1) is 10.2 Å². The number of nitrogens with one attached hydrogen (secondary N) is 2. The van der Waals surface area contributed by atoms with Gasteiger partial charge in [0.25, 0.3) is 0 Å². The van der Waals surface area contributed by atoms with E-state index < -0.39 is 0 Å². The third-order valence-corrected chi connectivity index (χ3v) is 6.35. The van der Waals surface area contributed by atoms with Gasteiger partial charge in [-0.3, -0.25) is 4.90 Å². The predicted octanol–water partition coefficient (Wildman–Crippen LogP) is 3.53. The van der Waals surface area contributed by atoms with Crippen molar-refractivity contribution in [2.75, 3.05) is 25.0 Å². The van der Waals surface area contributed by atoms with Crippen LogP contribution < -0.4 is 5.32 Å². The molecule has 5 rings (SSSR count). The van der Waals surface area contributed by atoms with Crippen molar-refractivity contribution in [1.29, 1.82) is 0 Å². The van der Waals surface area contributed by atoms with Gasteiger partial charge >= 0.3 is 0 Å². The number of H-pyrrole nitrogens is 1. The van der Waals surface area contributed by atoms with Gasteiger partial charge in [-0.15, -0.1) is 16.4 Å². The molecule has 4 aromatic rings. The Balaban J connectivity index is 1.53. The average Bonchev–Trinajstić information content (AvgIpc) is 3.46. The molecule has 1 aliphatic heterocycles. The predicted molar refractivity (Wildman–Crippen MR) is 109 cm³/mol. The fourth-order valence-corrected chi connectivity index (χ4v) is 4.91. The van der Waals surface area contributed by atoms with Crippen molar-refractivity contribution in [3.8, 4) is 11.4 Å². The lowest BCUT2D eigenvalue weighted by Gasteiger charge is -2.23. The molecule has 27 heavy (non-hydrogen) atoms. The van der Waals surface area contributed by atoms with E-state index in [9.17, 15) is 0 Å². The minimum absolute atomic E-state index is 0.592. The zero-order valence-electron chi connectivity index (χ0n) is 15.1. The first-order chi connectivity index (χ1) is 13.3. The Morgan fingerprint density at radius 3 is 3.11 bits per heavy atom. The maximum absolute atomic E-state index is 4.96. The Labute approximate surface area is 160 Å². The molecule has 2 N–H and O–H groups in total. The summed E-state index contributed by atoms with van der Waals surface area (Å²) in [6.07, 6.45) is 2.54. The Morgan fingerprint density at radius 2 is 2.26 bits per heavy atom. The molecule has 1 saturated heterocycles. The van der Waals surface area contributed by atoms with Crippen molar-refractivity contribution >= 4 is 38.1 Å². The van der Waals surface area contributed by atoms with E-state index in [1.165, 1.54) is 29.5 Å². The molecule has 138 valence electrons. The van der Waals surface area contributed by atoms with Crippen molar-refractivity contribution < 1.29 is 0 Å². The maximum atomic E-state index is 4.96. The molecule has 1 aliphatic rings. The number of thiophene rings is 1. The third kappa shape index (κ3) is 2.94. The van der Waals surface area contributed by atoms with E-state index in [-0.39, 0.29) is 0 Å². The Kier molecular flexibility index (Phi) is 4.21. The molecule has 0 amide bonds. The summed E-state index contributed by atoms with van der Waals surface area (Å²) in [4.78, 5) is 7.51. The molecule has 1 fully saturated rings. The first-order valence-corrected chi connectivity index (χ1v) is 10.2. The molecule has 0 spiro atoms. The van der Waals surface area contributed by atoms with Gasteiger partial charge in [0.2, 0.25) is 0 Å². The van der Waals surface area contributed by atoms with Crippen LogP contribution in [-0.2, 0) is 0 Å². The number of anilines is 1. The molecule has 0 aliphatic carbocycles. The van der Waals surface area contributed by atoms with E-state index in [4.69, 9.17) is 4.98 Å². The lowest BCUT2D eigenvalue weighted by molar-refractivity contribution is 0.277. The number of aromatic amines is 1. The van der Waals surface area contributed by atoms with Crippen LogP contribution in [0.15, 0.2) is 29.6 Å². The van der Waals surface area contributed by atoms with E-state index in [1.807, 2.05) is 12.1 Å². The van der Waals surface area contributed by atoms with Crippen LogP contribution in [0.5, 0.6) is 0 Å². The van der Waals surface area contributed by atoms with Gasteiger partial charge in [0.1, 0.15) is 5.82 Å². The molecule has 0 saturated carbocycles. The molecular formula is C19H21N7S. The molecule has 7 nitrogen and oxygen atoms in total. The molecule has 1 unspecified atom stereocenters. The summed E-state index contributed by atoms with van der Waals surface area (Å²) >= 11 is 1.74. The van der Waals surface area contributed by atoms with Crippen LogP contribution in [0.4, 0.5) is 5.82 Å². The number of rotatable bonds is 5. The number of likely N-dealkylation sites (N-methyl/N-ethyl adjacent to an activating group) is 1. The van der Waals surface area contributed by atoms with Crippen molar-refractivity contribution in [3.63, 3.8) is 0 Å². The van der Waals surface area contributed by atoms with E-state index in [0.29, 0.717) is 11.9 Å². The van der Waals surface area contributed by atoms with E-state index >= 15 is 0 Å². The standard InChI is InChI=1S/C19H21N7S/c1-2-26-8-3-4-13(26)11-20-19-17-15(7-9-27-17)14-6-5-12(10-16(14)21-19)18-22-24-25-23-18/h5-7,9-10,13H,2-4,8,11H2,1H3,(H,20,21)(H,22,23,24,25). The number of likely N-dealkylation sites (tertiary alicyclic amines) is 1. The summed E-state index contributed by atoms with van der Waals surface area (Å²) in [5.41, 5.74) is 1.89. The summed E-state index contributed by atoms with van der Waals surface area (Å²) in [7, 11) is 0. The Hall–Kier alpha value is -2.58. The topological polar surface area (TPSA) is 82.6 Å². The Bertz CT molecular complexity index is 1070. The van der Waals surface area contributed by atoms with Gasteiger partial charge in [-0.25, -0.2) is 10.1 Å². The fourth-order valence-electron chi connectivity index (χ4n) is 4.03. The van der Waals surface area contributed by atoms with Crippen LogP contribution >= 0.6 is 11.3 Å². The lowest BCUT2D eigenvalue weighted by Crippen LogP contribution is -2.34. The number of pyridine rings is 1. The van der Waals surface area contributed by atoms with E-state index in [0.717, 1.165) is 35.4 Å². The number of hydrogen-bond donors (Lipinski definition) is 2. The summed E-state index contributed by atoms with van der Waals surface area (Å²) in [6.45, 7) is 5.49. The molecule has 1 atom stereocenters. The maximum Gasteiger partial charge on any atom is 0.179 e. The van der Waals surface area contributed by atoms with Crippen molar-refractivity contribution in [2.45, 2.75) is 25.8 Å². The minimum atomic E-state index is 0.592. The highest BCUT2D eigenvalue weighted by Crippen LogP contribution is 2.35. The van der Waals surface area contributed by atoms with Crippen LogP contribution in [0, 0.1) is 0 Å². The van der Waals surface area contributed by atoms with Crippen molar-refractivity contribution in [2.24, 2.45) is 0 Å². The summed E-state index contributed by atoms with van der Waals surface area (Å²) in [6, 6.07) is 8.96. The smallest absolute Gasteiger partial charge is 0.179 e. The number of hydrogen-bond acceptors (Lipinski definition) is 7. The normalized spacial score (nSPS) is 17.9. The summed E-state index contributed by atoms with van der Waals surface area (Å²) < 4.78 is 1.22. The molecule has 0 bridgehead atoms.